The summed E-state index contributed by atoms with van der Waals surface area (Å²) in [6.07, 6.45) is 1.04. The fraction of sp³-hybridized carbons (Fsp3) is 0.833. The van der Waals surface area contributed by atoms with Crippen molar-refractivity contribution in [1.29, 1.82) is 0 Å². The van der Waals surface area contributed by atoms with Crippen molar-refractivity contribution in [1.82, 2.24) is 10.2 Å². The van der Waals surface area contributed by atoms with Crippen LogP contribution in [0, 0.1) is 0 Å². The summed E-state index contributed by atoms with van der Waals surface area (Å²) in [5.41, 5.74) is -1.83. The maximum atomic E-state index is 12.6. The van der Waals surface area contributed by atoms with E-state index < -0.39 is 17.8 Å². The molecule has 0 atom stereocenters. The second-order valence-electron chi connectivity index (χ2n) is 4.95. The van der Waals surface area contributed by atoms with E-state index in [0.29, 0.717) is 12.8 Å². The highest BCUT2D eigenvalue weighted by molar-refractivity contribution is 6.01. The average Bonchev–Trinajstić information content (AvgIpc) is 2.30. The molecule has 5 heteroatoms. The quantitative estimate of drug-likeness (QED) is 0.809. The Hall–Kier alpha value is -1.13. The van der Waals surface area contributed by atoms with Crippen molar-refractivity contribution in [3.63, 3.8) is 0 Å². The number of piperazine rings is 1. The van der Waals surface area contributed by atoms with Crippen LogP contribution in [-0.4, -0.2) is 41.0 Å². The molecule has 1 aliphatic rings. The lowest BCUT2D eigenvalue weighted by molar-refractivity contribution is -0.161. The molecule has 0 aromatic rings. The van der Waals surface area contributed by atoms with Crippen LogP contribution in [0.4, 0.5) is 4.39 Å². The molecular weight excluding hydrogens is 223 g/mol. The van der Waals surface area contributed by atoms with Crippen LogP contribution in [0.15, 0.2) is 0 Å². The second kappa shape index (κ2) is 4.63. The Morgan fingerprint density at radius 3 is 2.18 bits per heavy atom. The number of hydrogen-bond acceptors (Lipinski definition) is 2. The van der Waals surface area contributed by atoms with E-state index in [0.717, 1.165) is 0 Å². The molecule has 4 nitrogen and oxygen atoms in total. The number of halogens is 1. The number of rotatable bonds is 4. The Bertz CT molecular complexity index is 324. The minimum atomic E-state index is -0.975. The van der Waals surface area contributed by atoms with E-state index in [-0.39, 0.29) is 18.4 Å². The lowest BCUT2D eigenvalue weighted by Crippen LogP contribution is -2.74. The molecule has 0 radical (unpaired) electrons. The van der Waals surface area contributed by atoms with Crippen LogP contribution in [0.2, 0.25) is 0 Å². The first-order valence-electron chi connectivity index (χ1n) is 6.06. The zero-order valence-corrected chi connectivity index (χ0v) is 11.0. The van der Waals surface area contributed by atoms with Gasteiger partial charge >= 0.3 is 0 Å². The minimum absolute atomic E-state index is 0.0268. The van der Waals surface area contributed by atoms with Crippen LogP contribution in [0.1, 0.15) is 40.5 Å². The zero-order valence-electron chi connectivity index (χ0n) is 11.0. The van der Waals surface area contributed by atoms with Gasteiger partial charge in [0.05, 0.1) is 6.54 Å². The summed E-state index contributed by atoms with van der Waals surface area (Å²) in [7, 11) is 0. The van der Waals surface area contributed by atoms with Crippen molar-refractivity contribution in [3.8, 4) is 0 Å². The summed E-state index contributed by atoms with van der Waals surface area (Å²) in [5, 5.41) is 2.81. The first-order chi connectivity index (χ1) is 7.85. The van der Waals surface area contributed by atoms with Crippen LogP contribution < -0.4 is 5.32 Å². The van der Waals surface area contributed by atoms with Gasteiger partial charge in [-0.05, 0) is 26.7 Å². The SMILES string of the molecule is CCC1(CC)NC(=O)C(C)(C)N(CCF)C1=O. The van der Waals surface area contributed by atoms with Crippen molar-refractivity contribution in [2.75, 3.05) is 13.2 Å². The van der Waals surface area contributed by atoms with Gasteiger partial charge in [-0.25, -0.2) is 4.39 Å². The van der Waals surface area contributed by atoms with Gasteiger partial charge in [0.2, 0.25) is 11.8 Å². The molecule has 1 saturated heterocycles. The fourth-order valence-corrected chi connectivity index (χ4v) is 2.25. The molecule has 2 amide bonds. The molecule has 1 rings (SSSR count). The Balaban J connectivity index is 3.15. The number of alkyl halides is 1. The number of carbonyl (C=O) groups is 2. The third-order valence-corrected chi connectivity index (χ3v) is 3.75. The standard InChI is InChI=1S/C12H21FN2O2/c1-5-12(6-2)10(17)15(8-7-13)11(3,4)9(16)14-12/h5-8H2,1-4H3,(H,14,16). The Morgan fingerprint density at radius 2 is 1.76 bits per heavy atom. The molecule has 0 saturated carbocycles. The molecule has 1 aliphatic heterocycles. The summed E-state index contributed by atoms with van der Waals surface area (Å²) >= 11 is 0. The molecule has 1 fully saturated rings. The first-order valence-corrected chi connectivity index (χ1v) is 6.06. The predicted octanol–water partition coefficient (Wildman–Crippen LogP) is 1.25. The maximum absolute atomic E-state index is 12.6. The monoisotopic (exact) mass is 244 g/mol. The number of amides is 2. The van der Waals surface area contributed by atoms with E-state index in [1.165, 1.54) is 4.90 Å². The smallest absolute Gasteiger partial charge is 0.249 e. The summed E-state index contributed by atoms with van der Waals surface area (Å²) < 4.78 is 12.6. The topological polar surface area (TPSA) is 49.4 Å². The van der Waals surface area contributed by atoms with E-state index in [1.54, 1.807) is 13.8 Å². The Morgan fingerprint density at radius 1 is 1.24 bits per heavy atom. The summed E-state index contributed by atoms with van der Waals surface area (Å²) in [4.78, 5) is 25.8. The van der Waals surface area contributed by atoms with Gasteiger partial charge < -0.3 is 10.2 Å². The van der Waals surface area contributed by atoms with Crippen LogP contribution in [0.25, 0.3) is 0 Å². The van der Waals surface area contributed by atoms with Crippen molar-refractivity contribution < 1.29 is 14.0 Å². The van der Waals surface area contributed by atoms with Gasteiger partial charge in [-0.2, -0.15) is 0 Å². The van der Waals surface area contributed by atoms with Crippen molar-refractivity contribution >= 4 is 11.8 Å². The second-order valence-corrected chi connectivity index (χ2v) is 4.95. The van der Waals surface area contributed by atoms with Crippen LogP contribution >= 0.6 is 0 Å². The normalized spacial score (nSPS) is 22.5. The van der Waals surface area contributed by atoms with Gasteiger partial charge in [0, 0.05) is 0 Å². The lowest BCUT2D eigenvalue weighted by atomic mass is 9.83. The molecule has 0 spiro atoms. The van der Waals surface area contributed by atoms with E-state index >= 15 is 0 Å². The molecule has 0 bridgehead atoms. The van der Waals surface area contributed by atoms with Crippen LogP contribution in [-0.2, 0) is 9.59 Å². The fourth-order valence-electron chi connectivity index (χ4n) is 2.25. The van der Waals surface area contributed by atoms with Crippen molar-refractivity contribution in [2.45, 2.75) is 51.6 Å². The first kappa shape index (κ1) is 13.9. The number of nitrogens with zero attached hydrogens (tertiary/aromatic N) is 1. The third kappa shape index (κ3) is 2.03. The van der Waals surface area contributed by atoms with E-state index in [1.807, 2.05) is 13.8 Å². The highest BCUT2D eigenvalue weighted by atomic mass is 19.1. The van der Waals surface area contributed by atoms with Gasteiger partial charge in [0.1, 0.15) is 17.8 Å². The van der Waals surface area contributed by atoms with E-state index in [4.69, 9.17) is 0 Å². The molecule has 0 aromatic heterocycles. The largest absolute Gasteiger partial charge is 0.340 e. The number of carbonyl (C=O) groups excluding carboxylic acids is 2. The predicted molar refractivity (Wildman–Crippen MR) is 63.2 cm³/mol. The Kier molecular flexibility index (Phi) is 3.79. The molecule has 1 N–H and O–H groups in total. The summed E-state index contributed by atoms with van der Waals surface area (Å²) in [6.45, 7) is 6.34. The molecule has 98 valence electrons. The van der Waals surface area contributed by atoms with Crippen LogP contribution in [0.5, 0.6) is 0 Å². The highest BCUT2D eigenvalue weighted by Crippen LogP contribution is 2.30. The molecular formula is C12H21FN2O2. The van der Waals surface area contributed by atoms with E-state index in [2.05, 4.69) is 5.32 Å². The average molecular weight is 244 g/mol. The van der Waals surface area contributed by atoms with Crippen LogP contribution in [0.3, 0.4) is 0 Å². The van der Waals surface area contributed by atoms with Gasteiger partial charge in [0.25, 0.3) is 0 Å². The lowest BCUT2D eigenvalue weighted by Gasteiger charge is -2.49. The maximum Gasteiger partial charge on any atom is 0.249 e. The third-order valence-electron chi connectivity index (χ3n) is 3.75. The van der Waals surface area contributed by atoms with E-state index in [9.17, 15) is 14.0 Å². The van der Waals surface area contributed by atoms with Crippen molar-refractivity contribution in [3.05, 3.63) is 0 Å². The summed E-state index contributed by atoms with van der Waals surface area (Å²) in [5.74, 6) is -0.390. The van der Waals surface area contributed by atoms with Gasteiger partial charge in [-0.15, -0.1) is 0 Å². The molecule has 0 aromatic carbocycles. The van der Waals surface area contributed by atoms with Gasteiger partial charge in [-0.3, -0.25) is 9.59 Å². The molecule has 1 heterocycles. The van der Waals surface area contributed by atoms with Crippen molar-refractivity contribution in [2.24, 2.45) is 0 Å². The van der Waals surface area contributed by atoms with Gasteiger partial charge in [0.15, 0.2) is 0 Å². The molecule has 17 heavy (non-hydrogen) atoms. The summed E-state index contributed by atoms with van der Waals surface area (Å²) in [6, 6.07) is 0. The molecule has 0 aliphatic carbocycles. The minimum Gasteiger partial charge on any atom is -0.340 e. The number of hydrogen-bond donors (Lipinski definition) is 1. The Labute approximate surface area is 102 Å². The molecule has 0 unspecified atom stereocenters. The van der Waals surface area contributed by atoms with Gasteiger partial charge in [-0.1, -0.05) is 13.8 Å². The zero-order chi connectivity index (χ0) is 13.3. The number of nitrogens with one attached hydrogen (secondary N) is 1. The highest BCUT2D eigenvalue weighted by Gasteiger charge is 2.52.